The highest BCUT2D eigenvalue weighted by molar-refractivity contribution is 7.21. The van der Waals surface area contributed by atoms with E-state index in [1.54, 1.807) is 34.8 Å². The van der Waals surface area contributed by atoms with Crippen LogP contribution in [0.4, 0.5) is 0 Å². The molecule has 0 aliphatic carbocycles. The summed E-state index contributed by atoms with van der Waals surface area (Å²) in [6.45, 7) is 0. The first-order valence-corrected chi connectivity index (χ1v) is 10.9. The van der Waals surface area contributed by atoms with Crippen molar-refractivity contribution in [1.29, 1.82) is 0 Å². The predicted molar refractivity (Wildman–Crippen MR) is 115 cm³/mol. The third-order valence-electron chi connectivity index (χ3n) is 4.62. The van der Waals surface area contributed by atoms with E-state index in [4.69, 9.17) is 4.98 Å². The summed E-state index contributed by atoms with van der Waals surface area (Å²) in [6.07, 6.45) is 0. The van der Waals surface area contributed by atoms with Crippen LogP contribution in [0.3, 0.4) is 0 Å². The first kappa shape index (κ1) is 16.0. The van der Waals surface area contributed by atoms with Crippen LogP contribution in [0.15, 0.2) is 41.1 Å². The molecule has 0 aliphatic rings. The van der Waals surface area contributed by atoms with Crippen molar-refractivity contribution in [2.45, 2.75) is 0 Å². The van der Waals surface area contributed by atoms with Crippen LogP contribution in [0, 0.1) is 0 Å². The topological polar surface area (TPSA) is 94.7 Å². The Hall–Kier alpha value is -3.01. The van der Waals surface area contributed by atoms with E-state index in [1.807, 2.05) is 29.0 Å². The van der Waals surface area contributed by atoms with E-state index < -0.39 is 5.97 Å². The van der Waals surface area contributed by atoms with Crippen molar-refractivity contribution in [3.63, 3.8) is 0 Å². The van der Waals surface area contributed by atoms with Crippen molar-refractivity contribution in [3.8, 4) is 21.4 Å². The Morgan fingerprint density at radius 3 is 2.14 bits per heavy atom. The zero-order chi connectivity index (χ0) is 18.8. The van der Waals surface area contributed by atoms with Crippen molar-refractivity contribution >= 4 is 71.4 Å². The molecule has 136 valence electrons. The SMILES string of the molecule is O=C(O)c1cccc2c(-c3nc4sccc4[nH]3)sc(-c3nc4sccc4[nH]3)c12. The summed E-state index contributed by atoms with van der Waals surface area (Å²) in [4.78, 5) is 31.6. The molecule has 9 heteroatoms. The molecule has 28 heavy (non-hydrogen) atoms. The number of nitrogens with one attached hydrogen (secondary N) is 2. The molecule has 0 unspecified atom stereocenters. The monoisotopic (exact) mass is 422 g/mol. The maximum Gasteiger partial charge on any atom is 0.336 e. The summed E-state index contributed by atoms with van der Waals surface area (Å²) in [5.41, 5.74) is 2.20. The van der Waals surface area contributed by atoms with Gasteiger partial charge in [-0.3, -0.25) is 0 Å². The molecule has 1 aromatic carbocycles. The van der Waals surface area contributed by atoms with E-state index in [-0.39, 0.29) is 5.56 Å². The number of H-pyrrole nitrogens is 2. The molecule has 0 aliphatic heterocycles. The van der Waals surface area contributed by atoms with Crippen LogP contribution in [0.2, 0.25) is 0 Å². The number of aromatic nitrogens is 4. The molecule has 0 spiro atoms. The second-order valence-electron chi connectivity index (χ2n) is 6.24. The van der Waals surface area contributed by atoms with Gasteiger partial charge in [0.05, 0.1) is 26.4 Å². The van der Waals surface area contributed by atoms with Gasteiger partial charge in [0, 0.05) is 10.8 Å². The van der Waals surface area contributed by atoms with Gasteiger partial charge in [0.15, 0.2) is 0 Å². The zero-order valence-electron chi connectivity index (χ0n) is 14.0. The second-order valence-corrected chi connectivity index (χ2v) is 9.05. The fourth-order valence-corrected chi connectivity index (χ4v) is 6.05. The molecule has 0 amide bonds. The molecule has 6 nitrogen and oxygen atoms in total. The minimum absolute atomic E-state index is 0.267. The van der Waals surface area contributed by atoms with E-state index in [0.29, 0.717) is 11.2 Å². The Morgan fingerprint density at radius 1 is 0.893 bits per heavy atom. The van der Waals surface area contributed by atoms with Gasteiger partial charge in [-0.15, -0.1) is 34.0 Å². The van der Waals surface area contributed by atoms with E-state index in [0.717, 1.165) is 41.7 Å². The van der Waals surface area contributed by atoms with E-state index >= 15 is 0 Å². The first-order chi connectivity index (χ1) is 13.7. The highest BCUT2D eigenvalue weighted by Gasteiger charge is 2.23. The van der Waals surface area contributed by atoms with Crippen molar-refractivity contribution < 1.29 is 9.90 Å². The lowest BCUT2D eigenvalue weighted by atomic mass is 10.0. The summed E-state index contributed by atoms with van der Waals surface area (Å²) >= 11 is 4.64. The lowest BCUT2D eigenvalue weighted by Gasteiger charge is -2.00. The number of imidazole rings is 2. The molecule has 5 aromatic heterocycles. The molecule has 6 rings (SSSR count). The molecule has 0 atom stereocenters. The van der Waals surface area contributed by atoms with E-state index in [9.17, 15) is 9.90 Å². The van der Waals surface area contributed by atoms with Crippen LogP contribution < -0.4 is 0 Å². The van der Waals surface area contributed by atoms with Crippen LogP contribution in [0.1, 0.15) is 10.4 Å². The minimum Gasteiger partial charge on any atom is -0.478 e. The molecule has 3 N–H and O–H groups in total. The normalized spacial score (nSPS) is 11.9. The molecular weight excluding hydrogens is 412 g/mol. The number of fused-ring (bicyclic) bond motifs is 3. The third kappa shape index (κ3) is 2.21. The van der Waals surface area contributed by atoms with Crippen LogP contribution in [0.5, 0.6) is 0 Å². The van der Waals surface area contributed by atoms with Gasteiger partial charge in [0.1, 0.15) is 21.3 Å². The third-order valence-corrected chi connectivity index (χ3v) is 7.46. The number of hydrogen-bond acceptors (Lipinski definition) is 6. The maximum absolute atomic E-state index is 11.9. The number of aromatic amines is 2. The van der Waals surface area contributed by atoms with Gasteiger partial charge in [0.2, 0.25) is 0 Å². The van der Waals surface area contributed by atoms with Gasteiger partial charge in [-0.2, -0.15) is 0 Å². The Kier molecular flexibility index (Phi) is 3.28. The second kappa shape index (κ2) is 5.74. The molecule has 0 saturated carbocycles. The Balaban J connectivity index is 1.69. The molecule has 0 fully saturated rings. The average Bonchev–Trinajstić information content (AvgIpc) is 3.43. The smallest absolute Gasteiger partial charge is 0.336 e. The highest BCUT2D eigenvalue weighted by Crippen LogP contribution is 2.45. The fourth-order valence-electron chi connectivity index (χ4n) is 3.41. The number of carboxylic acid groups (broad SMARTS) is 1. The summed E-state index contributed by atoms with van der Waals surface area (Å²) < 4.78 is 0. The molecule has 0 radical (unpaired) electrons. The highest BCUT2D eigenvalue weighted by atomic mass is 32.1. The predicted octanol–water partition coefficient (Wildman–Crippen LogP) is 5.81. The standard InChI is InChI=1S/C19H10N4O2S3/c24-19(25)9-3-1-2-8-12(9)14(16-21-11-5-7-27-18(11)23-16)28-13(8)15-20-10-4-6-26-17(10)22-15/h1-7H,(H,20,22)(H,21,23)(H,24,25). The Bertz CT molecular complexity index is 1460. The Morgan fingerprint density at radius 2 is 1.54 bits per heavy atom. The lowest BCUT2D eigenvalue weighted by molar-refractivity contribution is 0.0699. The summed E-state index contributed by atoms with van der Waals surface area (Å²) in [6, 6.07) is 9.33. The van der Waals surface area contributed by atoms with Crippen molar-refractivity contribution in [1.82, 2.24) is 19.9 Å². The van der Waals surface area contributed by atoms with Crippen LogP contribution in [0.25, 0.3) is 52.9 Å². The average molecular weight is 423 g/mol. The minimum atomic E-state index is -0.954. The number of nitrogens with zero attached hydrogens (tertiary/aromatic N) is 2. The zero-order valence-corrected chi connectivity index (χ0v) is 16.5. The number of aromatic carboxylic acids is 1. The van der Waals surface area contributed by atoms with Gasteiger partial charge >= 0.3 is 5.97 Å². The number of thiophene rings is 3. The number of carbonyl (C=O) groups is 1. The quantitative estimate of drug-likeness (QED) is 0.335. The fraction of sp³-hybridized carbons (Fsp3) is 0. The maximum atomic E-state index is 11.9. The molecule has 6 aromatic rings. The van der Waals surface area contributed by atoms with Crippen LogP contribution in [-0.4, -0.2) is 31.0 Å². The molecule has 0 saturated heterocycles. The first-order valence-electron chi connectivity index (χ1n) is 8.35. The largest absolute Gasteiger partial charge is 0.478 e. The number of rotatable bonds is 3. The number of benzene rings is 1. The van der Waals surface area contributed by atoms with Crippen molar-refractivity contribution in [2.75, 3.05) is 0 Å². The van der Waals surface area contributed by atoms with Gasteiger partial charge in [-0.05, 0) is 29.0 Å². The van der Waals surface area contributed by atoms with Crippen molar-refractivity contribution in [2.24, 2.45) is 0 Å². The van der Waals surface area contributed by atoms with Gasteiger partial charge in [0.25, 0.3) is 0 Å². The van der Waals surface area contributed by atoms with E-state index in [2.05, 4.69) is 15.0 Å². The van der Waals surface area contributed by atoms with Gasteiger partial charge in [-0.1, -0.05) is 12.1 Å². The number of hydrogen-bond donors (Lipinski definition) is 3. The molecular formula is C19H10N4O2S3. The lowest BCUT2D eigenvalue weighted by Crippen LogP contribution is -1.97. The number of carboxylic acids is 1. The van der Waals surface area contributed by atoms with Crippen LogP contribution in [-0.2, 0) is 0 Å². The molecule has 0 bridgehead atoms. The van der Waals surface area contributed by atoms with Gasteiger partial charge in [-0.25, -0.2) is 14.8 Å². The summed E-state index contributed by atoms with van der Waals surface area (Å²) in [5, 5.41) is 15.3. The summed E-state index contributed by atoms with van der Waals surface area (Å²) in [7, 11) is 0. The summed E-state index contributed by atoms with van der Waals surface area (Å²) in [5.74, 6) is 0.481. The Labute approximate surface area is 169 Å². The van der Waals surface area contributed by atoms with E-state index in [1.165, 1.54) is 11.3 Å². The van der Waals surface area contributed by atoms with Crippen LogP contribution >= 0.6 is 34.0 Å². The van der Waals surface area contributed by atoms with Gasteiger partial charge < -0.3 is 15.1 Å². The molecule has 5 heterocycles. The van der Waals surface area contributed by atoms with Crippen molar-refractivity contribution in [3.05, 3.63) is 46.7 Å².